The predicted octanol–water partition coefficient (Wildman–Crippen LogP) is 4.21. The van der Waals surface area contributed by atoms with E-state index in [4.69, 9.17) is 27.9 Å². The predicted molar refractivity (Wildman–Crippen MR) is 87.5 cm³/mol. The van der Waals surface area contributed by atoms with Gasteiger partial charge in [0.2, 0.25) is 0 Å². The Balaban J connectivity index is 1.78. The molecule has 1 heterocycles. The summed E-state index contributed by atoms with van der Waals surface area (Å²) in [6.45, 7) is 1.58. The molecular weight excluding hydrogens is 321 g/mol. The highest BCUT2D eigenvalue weighted by atomic mass is 35.5. The maximum atomic E-state index is 12.7. The van der Waals surface area contributed by atoms with Crippen LogP contribution in [0.1, 0.15) is 22.0 Å². The summed E-state index contributed by atoms with van der Waals surface area (Å²) < 4.78 is 5.78. The molecule has 114 valence electrons. The fraction of sp³-hybridized carbons (Fsp3) is 0.235. The lowest BCUT2D eigenvalue weighted by Gasteiger charge is -2.33. The van der Waals surface area contributed by atoms with Gasteiger partial charge in [-0.2, -0.15) is 0 Å². The van der Waals surface area contributed by atoms with Crippen LogP contribution in [0.3, 0.4) is 0 Å². The van der Waals surface area contributed by atoms with Crippen molar-refractivity contribution in [1.82, 2.24) is 4.90 Å². The van der Waals surface area contributed by atoms with Gasteiger partial charge in [-0.25, -0.2) is 0 Å². The quantitative estimate of drug-likeness (QED) is 0.822. The summed E-state index contributed by atoms with van der Waals surface area (Å²) in [5.74, 6) is -0.0918. The van der Waals surface area contributed by atoms with Gasteiger partial charge in [-0.15, -0.1) is 0 Å². The van der Waals surface area contributed by atoms with E-state index in [1.807, 2.05) is 30.3 Å². The molecule has 0 aliphatic carbocycles. The van der Waals surface area contributed by atoms with Crippen LogP contribution >= 0.6 is 23.2 Å². The van der Waals surface area contributed by atoms with Crippen LogP contribution in [0.5, 0.6) is 0 Å². The van der Waals surface area contributed by atoms with Crippen LogP contribution < -0.4 is 0 Å². The summed E-state index contributed by atoms with van der Waals surface area (Å²) in [6.07, 6.45) is -0.107. The summed E-state index contributed by atoms with van der Waals surface area (Å²) in [4.78, 5) is 14.4. The minimum Gasteiger partial charge on any atom is -0.370 e. The van der Waals surface area contributed by atoms with Crippen molar-refractivity contribution >= 4 is 29.1 Å². The fourth-order valence-corrected chi connectivity index (χ4v) is 3.03. The Labute approximate surface area is 139 Å². The molecule has 0 saturated carbocycles. The average molecular weight is 336 g/mol. The molecule has 1 fully saturated rings. The first kappa shape index (κ1) is 15.3. The average Bonchev–Trinajstić information content (AvgIpc) is 2.55. The third-order valence-electron chi connectivity index (χ3n) is 3.69. The number of morpholine rings is 1. The number of benzene rings is 2. The molecule has 3 rings (SSSR count). The highest BCUT2D eigenvalue weighted by Gasteiger charge is 2.27. The van der Waals surface area contributed by atoms with E-state index in [0.717, 1.165) is 5.56 Å². The summed E-state index contributed by atoms with van der Waals surface area (Å²) in [7, 11) is 0. The molecule has 1 atom stereocenters. The highest BCUT2D eigenvalue weighted by Crippen LogP contribution is 2.26. The Morgan fingerprint density at radius 2 is 1.91 bits per heavy atom. The smallest absolute Gasteiger partial charge is 0.255 e. The lowest BCUT2D eigenvalue weighted by atomic mass is 10.1. The van der Waals surface area contributed by atoms with Crippen molar-refractivity contribution in [2.45, 2.75) is 6.10 Å². The zero-order chi connectivity index (χ0) is 15.5. The van der Waals surface area contributed by atoms with Gasteiger partial charge in [0.15, 0.2) is 0 Å². The fourth-order valence-electron chi connectivity index (χ4n) is 2.54. The number of carbonyl (C=O) groups excluding carboxylic acids is 1. The minimum absolute atomic E-state index is 0.0918. The molecule has 1 saturated heterocycles. The number of hydrogen-bond acceptors (Lipinski definition) is 2. The molecule has 0 bridgehead atoms. The summed E-state index contributed by atoms with van der Waals surface area (Å²) in [5, 5.41) is 0.894. The molecular formula is C17H15Cl2NO2. The SMILES string of the molecule is O=C(c1ccc(Cl)cc1Cl)N1CCO[C@@H](c2ccccc2)C1. The van der Waals surface area contributed by atoms with Gasteiger partial charge >= 0.3 is 0 Å². The van der Waals surface area contributed by atoms with Crippen molar-refractivity contribution in [3.8, 4) is 0 Å². The van der Waals surface area contributed by atoms with Crippen LogP contribution in [0, 0.1) is 0 Å². The van der Waals surface area contributed by atoms with E-state index >= 15 is 0 Å². The zero-order valence-electron chi connectivity index (χ0n) is 11.8. The standard InChI is InChI=1S/C17H15Cl2NO2/c18-13-6-7-14(15(19)10-13)17(21)20-8-9-22-16(11-20)12-4-2-1-3-5-12/h1-7,10,16H,8-9,11H2/t16-/m1/s1. The van der Waals surface area contributed by atoms with Crippen LogP contribution in [0.4, 0.5) is 0 Å². The monoisotopic (exact) mass is 335 g/mol. The van der Waals surface area contributed by atoms with Gasteiger partial charge < -0.3 is 9.64 Å². The van der Waals surface area contributed by atoms with Crippen LogP contribution in [0.2, 0.25) is 10.0 Å². The topological polar surface area (TPSA) is 29.5 Å². The molecule has 0 radical (unpaired) electrons. The second-order valence-electron chi connectivity index (χ2n) is 5.15. The molecule has 2 aromatic carbocycles. The molecule has 0 aromatic heterocycles. The molecule has 0 spiro atoms. The minimum atomic E-state index is -0.107. The Hall–Kier alpha value is -1.55. The van der Waals surface area contributed by atoms with Gasteiger partial charge in [-0.05, 0) is 23.8 Å². The number of hydrogen-bond donors (Lipinski definition) is 0. The molecule has 1 amide bonds. The van der Waals surface area contributed by atoms with Crippen molar-refractivity contribution in [3.05, 3.63) is 69.7 Å². The first-order valence-corrected chi connectivity index (χ1v) is 7.81. The number of nitrogens with zero attached hydrogens (tertiary/aromatic N) is 1. The van der Waals surface area contributed by atoms with Gasteiger partial charge in [0, 0.05) is 11.6 Å². The van der Waals surface area contributed by atoms with Gasteiger partial charge in [-0.3, -0.25) is 4.79 Å². The summed E-state index contributed by atoms with van der Waals surface area (Å²) in [6, 6.07) is 14.8. The summed E-state index contributed by atoms with van der Waals surface area (Å²) in [5.41, 5.74) is 1.54. The van der Waals surface area contributed by atoms with E-state index in [2.05, 4.69) is 0 Å². The Morgan fingerprint density at radius 1 is 1.14 bits per heavy atom. The maximum Gasteiger partial charge on any atom is 0.255 e. The molecule has 1 aliphatic rings. The molecule has 0 N–H and O–H groups in total. The van der Waals surface area contributed by atoms with E-state index < -0.39 is 0 Å². The Morgan fingerprint density at radius 3 is 2.64 bits per heavy atom. The summed E-state index contributed by atoms with van der Waals surface area (Å²) >= 11 is 12.0. The van der Waals surface area contributed by atoms with Gasteiger partial charge in [0.1, 0.15) is 6.10 Å². The van der Waals surface area contributed by atoms with Crippen molar-refractivity contribution < 1.29 is 9.53 Å². The van der Waals surface area contributed by atoms with E-state index in [0.29, 0.717) is 35.3 Å². The first-order valence-electron chi connectivity index (χ1n) is 7.06. The van der Waals surface area contributed by atoms with Gasteiger partial charge in [-0.1, -0.05) is 53.5 Å². The second kappa shape index (κ2) is 6.69. The van der Waals surface area contributed by atoms with Crippen LogP contribution in [0.15, 0.2) is 48.5 Å². The lowest BCUT2D eigenvalue weighted by molar-refractivity contribution is -0.0228. The normalized spacial score (nSPS) is 18.3. The first-order chi connectivity index (χ1) is 10.6. The van der Waals surface area contributed by atoms with Crippen LogP contribution in [0.25, 0.3) is 0 Å². The van der Waals surface area contributed by atoms with Crippen molar-refractivity contribution in [2.75, 3.05) is 19.7 Å². The molecule has 22 heavy (non-hydrogen) atoms. The van der Waals surface area contributed by atoms with Gasteiger partial charge in [0.25, 0.3) is 5.91 Å². The molecule has 0 unspecified atom stereocenters. The molecule has 1 aliphatic heterocycles. The number of halogens is 2. The molecule has 5 heteroatoms. The third-order valence-corrected chi connectivity index (χ3v) is 4.23. The van der Waals surface area contributed by atoms with Crippen LogP contribution in [-0.2, 0) is 4.74 Å². The number of ether oxygens (including phenoxy) is 1. The third kappa shape index (κ3) is 3.27. The maximum absolute atomic E-state index is 12.7. The molecule has 2 aromatic rings. The van der Waals surface area contributed by atoms with E-state index in [1.54, 1.807) is 23.1 Å². The van der Waals surface area contributed by atoms with E-state index in [9.17, 15) is 4.79 Å². The van der Waals surface area contributed by atoms with Crippen molar-refractivity contribution in [3.63, 3.8) is 0 Å². The van der Waals surface area contributed by atoms with E-state index in [-0.39, 0.29) is 12.0 Å². The Bertz CT molecular complexity index is 676. The molecule has 3 nitrogen and oxygen atoms in total. The Kier molecular flexibility index (Phi) is 4.67. The largest absolute Gasteiger partial charge is 0.370 e. The van der Waals surface area contributed by atoms with Gasteiger partial charge in [0.05, 0.1) is 23.7 Å². The van der Waals surface area contributed by atoms with Crippen molar-refractivity contribution in [1.29, 1.82) is 0 Å². The number of amides is 1. The number of rotatable bonds is 2. The lowest BCUT2D eigenvalue weighted by Crippen LogP contribution is -2.42. The highest BCUT2D eigenvalue weighted by molar-refractivity contribution is 6.36. The van der Waals surface area contributed by atoms with Crippen LogP contribution in [-0.4, -0.2) is 30.5 Å². The van der Waals surface area contributed by atoms with Crippen molar-refractivity contribution in [2.24, 2.45) is 0 Å². The zero-order valence-corrected chi connectivity index (χ0v) is 13.3. The second-order valence-corrected chi connectivity index (χ2v) is 5.99. The number of carbonyl (C=O) groups is 1. The van der Waals surface area contributed by atoms with E-state index in [1.165, 1.54) is 0 Å².